The molecular formula is C20H23NO2. The van der Waals surface area contributed by atoms with Crippen molar-refractivity contribution in [1.29, 1.82) is 0 Å². The van der Waals surface area contributed by atoms with E-state index in [0.29, 0.717) is 13.0 Å². The summed E-state index contributed by atoms with van der Waals surface area (Å²) in [5.74, 6) is 1.07. The van der Waals surface area contributed by atoms with Crippen LogP contribution in [0, 0.1) is 6.92 Å². The smallest absolute Gasteiger partial charge is 0.227 e. The van der Waals surface area contributed by atoms with Crippen molar-refractivity contribution in [2.45, 2.75) is 32.6 Å². The first kappa shape index (κ1) is 15.6. The number of carbonyl (C=O) groups is 1. The van der Waals surface area contributed by atoms with Crippen molar-refractivity contribution in [3.8, 4) is 5.75 Å². The highest BCUT2D eigenvalue weighted by molar-refractivity contribution is 5.94. The largest absolute Gasteiger partial charge is 0.494 e. The molecule has 1 amide bonds. The van der Waals surface area contributed by atoms with E-state index < -0.39 is 0 Å². The Labute approximate surface area is 137 Å². The third-order valence-electron chi connectivity index (χ3n) is 4.20. The average Bonchev–Trinajstić information content (AvgIpc) is 2.58. The third-order valence-corrected chi connectivity index (χ3v) is 4.20. The molecular weight excluding hydrogens is 286 g/mol. The summed E-state index contributed by atoms with van der Waals surface area (Å²) in [4.78, 5) is 14.4. The van der Waals surface area contributed by atoms with Gasteiger partial charge in [0.2, 0.25) is 5.91 Å². The molecule has 0 saturated heterocycles. The fourth-order valence-electron chi connectivity index (χ4n) is 3.05. The van der Waals surface area contributed by atoms with Crippen molar-refractivity contribution >= 4 is 11.6 Å². The lowest BCUT2D eigenvalue weighted by molar-refractivity contribution is -0.118. The molecule has 0 unspecified atom stereocenters. The molecule has 23 heavy (non-hydrogen) atoms. The Kier molecular flexibility index (Phi) is 4.96. The first-order valence-electron chi connectivity index (χ1n) is 8.32. The molecule has 2 aromatic rings. The van der Waals surface area contributed by atoms with Crippen molar-refractivity contribution in [1.82, 2.24) is 0 Å². The number of benzene rings is 2. The molecule has 0 radical (unpaired) electrons. The second kappa shape index (κ2) is 7.32. The van der Waals surface area contributed by atoms with Crippen LogP contribution >= 0.6 is 0 Å². The van der Waals surface area contributed by atoms with Gasteiger partial charge in [-0.1, -0.05) is 30.3 Å². The van der Waals surface area contributed by atoms with Crippen molar-refractivity contribution in [3.05, 3.63) is 59.7 Å². The molecule has 3 rings (SSSR count). The van der Waals surface area contributed by atoms with E-state index >= 15 is 0 Å². The maximum atomic E-state index is 12.5. The van der Waals surface area contributed by atoms with E-state index in [1.165, 1.54) is 11.1 Å². The van der Waals surface area contributed by atoms with Crippen molar-refractivity contribution in [2.24, 2.45) is 0 Å². The van der Waals surface area contributed by atoms with Gasteiger partial charge in [-0.05, 0) is 55.5 Å². The molecule has 0 fully saturated rings. The molecule has 0 N–H and O–H groups in total. The fourth-order valence-corrected chi connectivity index (χ4v) is 3.05. The topological polar surface area (TPSA) is 29.5 Å². The Morgan fingerprint density at radius 2 is 2.04 bits per heavy atom. The van der Waals surface area contributed by atoms with Crippen LogP contribution in [0.2, 0.25) is 0 Å². The van der Waals surface area contributed by atoms with Crippen LogP contribution in [-0.4, -0.2) is 19.1 Å². The van der Waals surface area contributed by atoms with Crippen LogP contribution in [0.5, 0.6) is 5.75 Å². The lowest BCUT2D eigenvalue weighted by Gasteiger charge is -2.29. The van der Waals surface area contributed by atoms with Gasteiger partial charge in [-0.3, -0.25) is 4.79 Å². The first-order valence-corrected chi connectivity index (χ1v) is 8.32. The molecule has 2 aromatic carbocycles. The summed E-state index contributed by atoms with van der Waals surface area (Å²) in [5, 5.41) is 0. The lowest BCUT2D eigenvalue weighted by Crippen LogP contribution is -2.35. The molecule has 120 valence electrons. The number of ether oxygens (including phenoxy) is 1. The van der Waals surface area contributed by atoms with Crippen molar-refractivity contribution < 1.29 is 9.53 Å². The highest BCUT2D eigenvalue weighted by atomic mass is 16.5. The minimum Gasteiger partial charge on any atom is -0.494 e. The predicted molar refractivity (Wildman–Crippen MR) is 93.0 cm³/mol. The third kappa shape index (κ3) is 3.92. The highest BCUT2D eigenvalue weighted by Crippen LogP contribution is 2.27. The van der Waals surface area contributed by atoms with E-state index in [1.54, 1.807) is 0 Å². The summed E-state index contributed by atoms with van der Waals surface area (Å²) in [7, 11) is 0. The Morgan fingerprint density at radius 3 is 2.91 bits per heavy atom. The number of nitrogens with zero attached hydrogens (tertiary/aromatic N) is 1. The fraction of sp³-hybridized carbons (Fsp3) is 0.350. The molecule has 3 nitrogen and oxygen atoms in total. The zero-order valence-electron chi connectivity index (χ0n) is 13.6. The Hall–Kier alpha value is -2.29. The zero-order valence-corrected chi connectivity index (χ0v) is 13.6. The van der Waals surface area contributed by atoms with Gasteiger partial charge < -0.3 is 9.64 Å². The van der Waals surface area contributed by atoms with Crippen LogP contribution in [0.3, 0.4) is 0 Å². The van der Waals surface area contributed by atoms with Gasteiger partial charge in [0.1, 0.15) is 5.75 Å². The summed E-state index contributed by atoms with van der Waals surface area (Å²) in [6, 6.07) is 16.2. The molecule has 1 heterocycles. The Morgan fingerprint density at radius 1 is 1.17 bits per heavy atom. The molecule has 3 heteroatoms. The van der Waals surface area contributed by atoms with E-state index in [0.717, 1.165) is 37.2 Å². The molecule has 0 bridgehead atoms. The predicted octanol–water partition coefficient (Wildman–Crippen LogP) is 4.13. The van der Waals surface area contributed by atoms with Crippen LogP contribution in [0.15, 0.2) is 48.5 Å². The minimum atomic E-state index is 0.199. The standard InChI is InChI=1S/C20H23NO2/c1-16-7-4-10-18(15-16)23-14-6-12-20(22)21-13-5-9-17-8-2-3-11-19(17)21/h2-4,7-8,10-11,15H,5-6,9,12-14H2,1H3. The molecule has 1 aliphatic heterocycles. The van der Waals surface area contributed by atoms with Crippen LogP contribution in [0.4, 0.5) is 5.69 Å². The second-order valence-corrected chi connectivity index (χ2v) is 6.05. The van der Waals surface area contributed by atoms with Gasteiger partial charge >= 0.3 is 0 Å². The van der Waals surface area contributed by atoms with Gasteiger partial charge in [0, 0.05) is 18.7 Å². The SMILES string of the molecule is Cc1cccc(OCCCC(=O)N2CCCc3ccccc32)c1. The van der Waals surface area contributed by atoms with Crippen LogP contribution in [0.25, 0.3) is 0 Å². The van der Waals surface area contributed by atoms with E-state index in [2.05, 4.69) is 12.1 Å². The van der Waals surface area contributed by atoms with Gasteiger partial charge in [0.15, 0.2) is 0 Å². The van der Waals surface area contributed by atoms with Gasteiger partial charge in [0.05, 0.1) is 6.61 Å². The van der Waals surface area contributed by atoms with E-state index in [1.807, 2.05) is 48.2 Å². The normalized spacial score (nSPS) is 13.5. The minimum absolute atomic E-state index is 0.199. The van der Waals surface area contributed by atoms with Gasteiger partial charge in [-0.25, -0.2) is 0 Å². The van der Waals surface area contributed by atoms with Crippen molar-refractivity contribution in [3.63, 3.8) is 0 Å². The van der Waals surface area contributed by atoms with Gasteiger partial charge in [-0.15, -0.1) is 0 Å². The number of amides is 1. The first-order chi connectivity index (χ1) is 11.2. The summed E-state index contributed by atoms with van der Waals surface area (Å²) in [5.41, 5.74) is 3.55. The zero-order chi connectivity index (χ0) is 16.1. The molecule has 0 atom stereocenters. The van der Waals surface area contributed by atoms with E-state index in [9.17, 15) is 4.79 Å². The number of hydrogen-bond donors (Lipinski definition) is 0. The van der Waals surface area contributed by atoms with Gasteiger partial charge in [-0.2, -0.15) is 0 Å². The quantitative estimate of drug-likeness (QED) is 0.777. The number of rotatable bonds is 5. The summed E-state index contributed by atoms with van der Waals surface area (Å²) < 4.78 is 5.72. The van der Waals surface area contributed by atoms with Gasteiger partial charge in [0.25, 0.3) is 0 Å². The number of aryl methyl sites for hydroxylation is 2. The number of hydrogen-bond acceptors (Lipinski definition) is 2. The number of anilines is 1. The molecule has 0 aromatic heterocycles. The number of para-hydroxylation sites is 1. The maximum absolute atomic E-state index is 12.5. The number of carbonyl (C=O) groups excluding carboxylic acids is 1. The number of fused-ring (bicyclic) bond motifs is 1. The average molecular weight is 309 g/mol. The van der Waals surface area contributed by atoms with Crippen LogP contribution in [-0.2, 0) is 11.2 Å². The van der Waals surface area contributed by atoms with Crippen LogP contribution in [0.1, 0.15) is 30.4 Å². The second-order valence-electron chi connectivity index (χ2n) is 6.05. The Bertz CT molecular complexity index is 681. The molecule has 0 spiro atoms. The summed E-state index contributed by atoms with van der Waals surface area (Å²) in [6.07, 6.45) is 3.38. The molecule has 1 aliphatic rings. The highest BCUT2D eigenvalue weighted by Gasteiger charge is 2.21. The van der Waals surface area contributed by atoms with Crippen LogP contribution < -0.4 is 9.64 Å². The lowest BCUT2D eigenvalue weighted by atomic mass is 10.0. The van der Waals surface area contributed by atoms with E-state index in [-0.39, 0.29) is 5.91 Å². The summed E-state index contributed by atoms with van der Waals surface area (Å²) >= 11 is 0. The van der Waals surface area contributed by atoms with Crippen molar-refractivity contribution in [2.75, 3.05) is 18.1 Å². The van der Waals surface area contributed by atoms with E-state index in [4.69, 9.17) is 4.74 Å². The monoisotopic (exact) mass is 309 g/mol. The molecule has 0 saturated carbocycles. The maximum Gasteiger partial charge on any atom is 0.227 e. The Balaban J connectivity index is 1.50. The summed E-state index contributed by atoms with van der Waals surface area (Å²) in [6.45, 7) is 3.45. The molecule has 0 aliphatic carbocycles.